The predicted octanol–water partition coefficient (Wildman–Crippen LogP) is 3.90. The van der Waals surface area contributed by atoms with Crippen molar-refractivity contribution in [2.24, 2.45) is 5.92 Å². The van der Waals surface area contributed by atoms with Crippen molar-refractivity contribution < 1.29 is 9.59 Å². The van der Waals surface area contributed by atoms with Crippen LogP contribution in [0.3, 0.4) is 0 Å². The van der Waals surface area contributed by atoms with Crippen molar-refractivity contribution in [3.8, 4) is 0 Å². The second-order valence-electron chi connectivity index (χ2n) is 9.44. The van der Waals surface area contributed by atoms with E-state index >= 15 is 0 Å². The van der Waals surface area contributed by atoms with Crippen LogP contribution in [0.5, 0.6) is 0 Å². The summed E-state index contributed by atoms with van der Waals surface area (Å²) in [5.74, 6) is 0.965. The first-order chi connectivity index (χ1) is 14.7. The molecule has 2 saturated heterocycles. The third-order valence-electron chi connectivity index (χ3n) is 7.21. The fraction of sp³-hybridized carbons (Fsp3) is 0.680. The Morgan fingerprint density at radius 1 is 0.933 bits per heavy atom. The minimum atomic E-state index is -0.501. The number of rotatable bonds is 6. The van der Waals surface area contributed by atoms with E-state index in [1.807, 2.05) is 30.3 Å². The first kappa shape index (κ1) is 21.4. The van der Waals surface area contributed by atoms with Gasteiger partial charge >= 0.3 is 0 Å². The van der Waals surface area contributed by atoms with Gasteiger partial charge in [-0.2, -0.15) is 0 Å². The zero-order valence-corrected chi connectivity index (χ0v) is 18.2. The minimum Gasteiger partial charge on any atom is -0.351 e. The molecule has 3 aliphatic rings. The first-order valence-electron chi connectivity index (χ1n) is 12.1. The Hall–Kier alpha value is -1.88. The summed E-state index contributed by atoms with van der Waals surface area (Å²) in [4.78, 5) is 30.3. The highest BCUT2D eigenvalue weighted by molar-refractivity contribution is 5.89. The molecular formula is C25H37N3O2. The van der Waals surface area contributed by atoms with Crippen LogP contribution in [0.15, 0.2) is 30.3 Å². The lowest BCUT2D eigenvalue weighted by atomic mass is 9.88. The monoisotopic (exact) mass is 411 g/mol. The number of benzene rings is 1. The van der Waals surface area contributed by atoms with Crippen LogP contribution in [0.4, 0.5) is 0 Å². The highest BCUT2D eigenvalue weighted by atomic mass is 16.2. The molecule has 30 heavy (non-hydrogen) atoms. The average Bonchev–Trinajstić information content (AvgIpc) is 2.78. The highest BCUT2D eigenvalue weighted by Gasteiger charge is 2.34. The van der Waals surface area contributed by atoms with Crippen molar-refractivity contribution in [2.45, 2.75) is 76.3 Å². The minimum absolute atomic E-state index is 0.0119. The lowest BCUT2D eigenvalue weighted by Gasteiger charge is -2.38. The summed E-state index contributed by atoms with van der Waals surface area (Å²) in [6.45, 7) is 4.04. The molecule has 1 aliphatic carbocycles. The summed E-state index contributed by atoms with van der Waals surface area (Å²) >= 11 is 0. The molecular weight excluding hydrogens is 374 g/mol. The molecule has 4 rings (SSSR count). The third kappa shape index (κ3) is 5.42. The van der Waals surface area contributed by atoms with E-state index in [4.69, 9.17) is 0 Å². The van der Waals surface area contributed by atoms with Crippen LogP contribution >= 0.6 is 0 Å². The molecule has 1 aromatic rings. The fourth-order valence-electron chi connectivity index (χ4n) is 5.48. The Balaban J connectivity index is 1.34. The summed E-state index contributed by atoms with van der Waals surface area (Å²) in [6.07, 6.45) is 11.4. The van der Waals surface area contributed by atoms with E-state index < -0.39 is 6.04 Å². The number of carbonyl (C=O) groups excluding carboxylic acids is 2. The number of nitrogens with one attached hydrogen (secondary N) is 1. The Morgan fingerprint density at radius 3 is 2.37 bits per heavy atom. The number of likely N-dealkylation sites (tertiary alicyclic amines) is 2. The van der Waals surface area contributed by atoms with Crippen LogP contribution in [0.2, 0.25) is 0 Å². The van der Waals surface area contributed by atoms with E-state index in [-0.39, 0.29) is 17.9 Å². The maximum atomic E-state index is 13.3. The molecule has 2 heterocycles. The van der Waals surface area contributed by atoms with E-state index in [1.165, 1.54) is 38.6 Å². The summed E-state index contributed by atoms with van der Waals surface area (Å²) < 4.78 is 0. The molecule has 2 amide bonds. The number of carbonyl (C=O) groups is 2. The van der Waals surface area contributed by atoms with Gasteiger partial charge in [0.05, 0.1) is 0 Å². The van der Waals surface area contributed by atoms with Crippen LogP contribution in [0.1, 0.15) is 75.8 Å². The Kier molecular flexibility index (Phi) is 7.42. The van der Waals surface area contributed by atoms with E-state index in [9.17, 15) is 9.59 Å². The Labute approximate surface area is 181 Å². The van der Waals surface area contributed by atoms with Gasteiger partial charge in [0, 0.05) is 38.6 Å². The first-order valence-corrected chi connectivity index (χ1v) is 12.1. The van der Waals surface area contributed by atoms with Gasteiger partial charge in [-0.05, 0) is 50.0 Å². The quantitative estimate of drug-likeness (QED) is 0.772. The molecule has 1 unspecified atom stereocenters. The lowest BCUT2D eigenvalue weighted by Crippen LogP contribution is -2.51. The van der Waals surface area contributed by atoms with Crippen LogP contribution in [-0.4, -0.2) is 53.8 Å². The lowest BCUT2D eigenvalue weighted by molar-refractivity contribution is -0.143. The van der Waals surface area contributed by atoms with Crippen LogP contribution in [-0.2, 0) is 9.59 Å². The summed E-state index contributed by atoms with van der Waals surface area (Å²) in [5, 5.41) is 3.30. The van der Waals surface area contributed by atoms with Gasteiger partial charge in [-0.25, -0.2) is 0 Å². The molecule has 0 bridgehead atoms. The molecule has 1 saturated carbocycles. The van der Waals surface area contributed by atoms with Crippen LogP contribution < -0.4 is 5.32 Å². The summed E-state index contributed by atoms with van der Waals surface area (Å²) in [7, 11) is 0. The molecule has 5 nitrogen and oxygen atoms in total. The number of amides is 2. The van der Waals surface area contributed by atoms with E-state index in [1.54, 1.807) is 4.90 Å². The molecule has 0 aromatic heterocycles. The predicted molar refractivity (Wildman–Crippen MR) is 119 cm³/mol. The van der Waals surface area contributed by atoms with Crippen LogP contribution in [0.25, 0.3) is 0 Å². The number of hydrogen-bond donors (Lipinski definition) is 1. The van der Waals surface area contributed by atoms with Crippen molar-refractivity contribution in [1.82, 2.24) is 15.1 Å². The molecule has 2 aliphatic heterocycles. The second kappa shape index (κ2) is 10.4. The zero-order chi connectivity index (χ0) is 20.8. The highest BCUT2D eigenvalue weighted by Crippen LogP contribution is 2.28. The van der Waals surface area contributed by atoms with Gasteiger partial charge in [0.1, 0.15) is 6.04 Å². The van der Waals surface area contributed by atoms with Crippen molar-refractivity contribution in [1.29, 1.82) is 0 Å². The summed E-state index contributed by atoms with van der Waals surface area (Å²) in [6, 6.07) is 9.52. The number of hydrogen-bond acceptors (Lipinski definition) is 3. The van der Waals surface area contributed by atoms with E-state index in [2.05, 4.69) is 10.2 Å². The van der Waals surface area contributed by atoms with Gasteiger partial charge in [0.15, 0.2) is 0 Å². The van der Waals surface area contributed by atoms with Gasteiger partial charge in [-0.15, -0.1) is 0 Å². The molecule has 5 heteroatoms. The molecule has 1 N–H and O–H groups in total. The molecule has 1 atom stereocenters. The molecule has 0 radical (unpaired) electrons. The second-order valence-corrected chi connectivity index (χ2v) is 9.44. The average molecular weight is 412 g/mol. The van der Waals surface area contributed by atoms with Crippen molar-refractivity contribution in [3.05, 3.63) is 35.9 Å². The standard InChI is InChI=1S/C25H37N3O2/c29-23-13-7-8-16-28(23)24(21-11-5-2-6-12-21)25(30)26-22-14-17-27(18-15-22)19-20-9-3-1-4-10-20/h2,5-6,11-12,20,22,24H,1,3-4,7-10,13-19H2,(H,26,30). The SMILES string of the molecule is O=C(NC1CCN(CC2CCCCC2)CC1)C(c1ccccc1)N1CCCCC1=O. The number of piperidine rings is 2. The molecule has 1 aromatic carbocycles. The maximum absolute atomic E-state index is 13.3. The summed E-state index contributed by atoms with van der Waals surface area (Å²) in [5.41, 5.74) is 0.917. The van der Waals surface area contributed by atoms with Gasteiger partial charge < -0.3 is 15.1 Å². The normalized spacial score (nSPS) is 23.3. The van der Waals surface area contributed by atoms with Crippen molar-refractivity contribution in [2.75, 3.05) is 26.2 Å². The van der Waals surface area contributed by atoms with Gasteiger partial charge in [0.25, 0.3) is 0 Å². The molecule has 164 valence electrons. The molecule has 3 fully saturated rings. The Bertz CT molecular complexity index is 694. The smallest absolute Gasteiger partial charge is 0.247 e. The fourth-order valence-corrected chi connectivity index (χ4v) is 5.48. The Morgan fingerprint density at radius 2 is 1.67 bits per heavy atom. The largest absolute Gasteiger partial charge is 0.351 e. The third-order valence-corrected chi connectivity index (χ3v) is 7.21. The van der Waals surface area contributed by atoms with E-state index in [0.717, 1.165) is 50.3 Å². The number of nitrogens with zero attached hydrogens (tertiary/aromatic N) is 2. The van der Waals surface area contributed by atoms with E-state index in [0.29, 0.717) is 13.0 Å². The van der Waals surface area contributed by atoms with Crippen LogP contribution in [0, 0.1) is 5.92 Å². The topological polar surface area (TPSA) is 52.7 Å². The van der Waals surface area contributed by atoms with Gasteiger partial charge in [0.2, 0.25) is 11.8 Å². The van der Waals surface area contributed by atoms with Gasteiger partial charge in [-0.1, -0.05) is 49.6 Å². The van der Waals surface area contributed by atoms with Crippen molar-refractivity contribution in [3.63, 3.8) is 0 Å². The maximum Gasteiger partial charge on any atom is 0.247 e. The zero-order valence-electron chi connectivity index (χ0n) is 18.2. The van der Waals surface area contributed by atoms with Gasteiger partial charge in [-0.3, -0.25) is 9.59 Å². The molecule has 0 spiro atoms. The van der Waals surface area contributed by atoms with Crippen molar-refractivity contribution >= 4 is 11.8 Å².